The quantitative estimate of drug-likeness (QED) is 0.594. The van der Waals surface area contributed by atoms with Gasteiger partial charge in [0.1, 0.15) is 0 Å². The number of anilines is 1. The molecule has 130 valence electrons. The van der Waals surface area contributed by atoms with Crippen molar-refractivity contribution in [1.82, 2.24) is 14.6 Å². The van der Waals surface area contributed by atoms with E-state index in [2.05, 4.69) is 15.4 Å². The molecule has 0 radical (unpaired) electrons. The summed E-state index contributed by atoms with van der Waals surface area (Å²) in [4.78, 5) is 17.6. The van der Waals surface area contributed by atoms with Crippen LogP contribution in [0.2, 0.25) is 0 Å². The molecule has 3 aromatic heterocycles. The summed E-state index contributed by atoms with van der Waals surface area (Å²) in [7, 11) is 1.58. The van der Waals surface area contributed by atoms with Gasteiger partial charge in [0.25, 0.3) is 5.91 Å². The van der Waals surface area contributed by atoms with Gasteiger partial charge in [-0.15, -0.1) is 16.4 Å². The predicted octanol–water partition coefficient (Wildman–Crippen LogP) is 4.03. The maximum absolute atomic E-state index is 12.3. The summed E-state index contributed by atoms with van der Waals surface area (Å²) in [6, 6.07) is 13.2. The number of methoxy groups -OCH3 is 1. The highest BCUT2D eigenvalue weighted by atomic mass is 32.1. The highest BCUT2D eigenvalue weighted by Crippen LogP contribution is 2.26. The number of nitrogens with zero attached hydrogens (tertiary/aromatic N) is 3. The molecular weight excluding hydrogens is 348 g/mol. The highest BCUT2D eigenvalue weighted by Gasteiger charge is 2.12. The third kappa shape index (κ3) is 3.04. The molecule has 0 aliphatic rings. The second-order valence-corrected chi connectivity index (χ2v) is 6.71. The van der Waals surface area contributed by atoms with Crippen molar-refractivity contribution >= 4 is 28.6 Å². The smallest absolute Gasteiger partial charge is 0.265 e. The Kier molecular flexibility index (Phi) is 4.14. The van der Waals surface area contributed by atoms with Crippen LogP contribution in [-0.4, -0.2) is 27.6 Å². The largest absolute Gasteiger partial charge is 0.480 e. The van der Waals surface area contributed by atoms with E-state index in [-0.39, 0.29) is 5.91 Å². The molecule has 0 fully saturated rings. The number of ether oxygens (including phenoxy) is 1. The zero-order valence-corrected chi connectivity index (χ0v) is 15.1. The number of hydrogen-bond acceptors (Lipinski definition) is 5. The van der Waals surface area contributed by atoms with Gasteiger partial charge >= 0.3 is 0 Å². The molecule has 3 heterocycles. The van der Waals surface area contributed by atoms with E-state index >= 15 is 0 Å². The number of fused-ring (bicyclic) bond motifs is 1. The minimum atomic E-state index is -0.110. The Bertz CT molecular complexity index is 1090. The van der Waals surface area contributed by atoms with Crippen molar-refractivity contribution in [3.8, 4) is 17.1 Å². The average molecular weight is 364 g/mol. The highest BCUT2D eigenvalue weighted by molar-refractivity contribution is 7.12. The lowest BCUT2D eigenvalue weighted by Gasteiger charge is -2.09. The first-order valence-corrected chi connectivity index (χ1v) is 8.88. The van der Waals surface area contributed by atoms with Crippen LogP contribution in [0.15, 0.2) is 54.0 Å². The zero-order chi connectivity index (χ0) is 18.1. The number of benzene rings is 1. The van der Waals surface area contributed by atoms with Gasteiger partial charge in [-0.25, -0.2) is 9.50 Å². The molecule has 1 amide bonds. The number of carbonyl (C=O) groups is 1. The number of aromatic nitrogens is 3. The summed E-state index contributed by atoms with van der Waals surface area (Å²) >= 11 is 1.42. The number of aryl methyl sites for hydroxylation is 1. The minimum absolute atomic E-state index is 0.110. The molecule has 1 aromatic carbocycles. The van der Waals surface area contributed by atoms with Gasteiger partial charge in [0.05, 0.1) is 23.9 Å². The summed E-state index contributed by atoms with van der Waals surface area (Å²) < 4.78 is 6.82. The molecular formula is C19H16N4O2S. The SMILES string of the molecule is COc1ccc2nc(-c3ccc(C)c(NC(=O)c4cccs4)c3)cn2n1. The van der Waals surface area contributed by atoms with E-state index in [1.807, 2.05) is 48.8 Å². The van der Waals surface area contributed by atoms with Crippen molar-refractivity contribution in [3.63, 3.8) is 0 Å². The van der Waals surface area contributed by atoms with Crippen LogP contribution in [0.3, 0.4) is 0 Å². The Balaban J connectivity index is 1.68. The molecule has 0 saturated carbocycles. The molecule has 1 N–H and O–H groups in total. The number of carbonyl (C=O) groups excluding carboxylic acids is 1. The first-order valence-electron chi connectivity index (χ1n) is 8.00. The summed E-state index contributed by atoms with van der Waals surface area (Å²) in [5.74, 6) is 0.413. The lowest BCUT2D eigenvalue weighted by Crippen LogP contribution is -2.11. The number of hydrogen-bond donors (Lipinski definition) is 1. The number of amides is 1. The van der Waals surface area contributed by atoms with Crippen LogP contribution in [-0.2, 0) is 0 Å². The van der Waals surface area contributed by atoms with E-state index in [1.54, 1.807) is 23.8 Å². The zero-order valence-electron chi connectivity index (χ0n) is 14.3. The van der Waals surface area contributed by atoms with Crippen molar-refractivity contribution in [2.24, 2.45) is 0 Å². The van der Waals surface area contributed by atoms with Crippen LogP contribution in [0.25, 0.3) is 16.9 Å². The third-order valence-corrected chi connectivity index (χ3v) is 4.90. The number of nitrogens with one attached hydrogen (secondary N) is 1. The lowest BCUT2D eigenvalue weighted by molar-refractivity contribution is 0.103. The Hall–Kier alpha value is -3.19. The fourth-order valence-electron chi connectivity index (χ4n) is 2.62. The predicted molar refractivity (Wildman–Crippen MR) is 102 cm³/mol. The molecule has 0 aliphatic carbocycles. The summed E-state index contributed by atoms with van der Waals surface area (Å²) in [6.45, 7) is 1.96. The molecule has 4 aromatic rings. The van der Waals surface area contributed by atoms with Gasteiger partial charge in [-0.05, 0) is 36.1 Å². The minimum Gasteiger partial charge on any atom is -0.480 e. The fourth-order valence-corrected chi connectivity index (χ4v) is 3.24. The lowest BCUT2D eigenvalue weighted by atomic mass is 10.1. The Morgan fingerprint density at radius 2 is 2.12 bits per heavy atom. The van der Waals surface area contributed by atoms with Crippen molar-refractivity contribution in [1.29, 1.82) is 0 Å². The van der Waals surface area contributed by atoms with Gasteiger partial charge in [0.15, 0.2) is 5.65 Å². The van der Waals surface area contributed by atoms with E-state index in [9.17, 15) is 4.79 Å². The van der Waals surface area contributed by atoms with Gasteiger partial charge in [-0.1, -0.05) is 18.2 Å². The van der Waals surface area contributed by atoms with E-state index in [0.717, 1.165) is 28.2 Å². The molecule has 7 heteroatoms. The van der Waals surface area contributed by atoms with Crippen molar-refractivity contribution < 1.29 is 9.53 Å². The molecule has 0 bridgehead atoms. The second kappa shape index (κ2) is 6.61. The van der Waals surface area contributed by atoms with E-state index in [0.29, 0.717) is 10.8 Å². The van der Waals surface area contributed by atoms with Crippen LogP contribution < -0.4 is 10.1 Å². The van der Waals surface area contributed by atoms with Gasteiger partial charge in [0, 0.05) is 17.3 Å². The van der Waals surface area contributed by atoms with Crippen molar-refractivity contribution in [2.75, 3.05) is 12.4 Å². The fraction of sp³-hybridized carbons (Fsp3) is 0.105. The van der Waals surface area contributed by atoms with E-state index < -0.39 is 0 Å². The number of rotatable bonds is 4. The first-order chi connectivity index (χ1) is 12.6. The maximum Gasteiger partial charge on any atom is 0.265 e. The van der Waals surface area contributed by atoms with Crippen LogP contribution in [0, 0.1) is 6.92 Å². The standard InChI is InChI=1S/C19H16N4O2S/c1-12-5-6-13(10-14(12)21-19(24)16-4-3-9-26-16)15-11-23-17(20-15)7-8-18(22-23)25-2/h3-11H,1-2H3,(H,21,24). The van der Waals surface area contributed by atoms with Crippen molar-refractivity contribution in [2.45, 2.75) is 6.92 Å². The Labute approximate surface area is 154 Å². The average Bonchev–Trinajstić information content (AvgIpc) is 3.32. The second-order valence-electron chi connectivity index (χ2n) is 5.77. The Morgan fingerprint density at radius 1 is 1.23 bits per heavy atom. The van der Waals surface area contributed by atoms with Crippen LogP contribution in [0.4, 0.5) is 5.69 Å². The van der Waals surface area contributed by atoms with Crippen LogP contribution in [0.1, 0.15) is 15.2 Å². The number of thiophene rings is 1. The van der Waals surface area contributed by atoms with Crippen LogP contribution in [0.5, 0.6) is 5.88 Å². The summed E-state index contributed by atoms with van der Waals surface area (Å²) in [6.07, 6.45) is 1.84. The molecule has 0 atom stereocenters. The molecule has 4 rings (SSSR count). The van der Waals surface area contributed by atoms with Gasteiger partial charge in [-0.3, -0.25) is 4.79 Å². The monoisotopic (exact) mass is 364 g/mol. The topological polar surface area (TPSA) is 68.5 Å². The van der Waals surface area contributed by atoms with E-state index in [1.165, 1.54) is 11.3 Å². The molecule has 0 unspecified atom stereocenters. The normalized spacial score (nSPS) is 10.8. The van der Waals surface area contributed by atoms with Crippen LogP contribution >= 0.6 is 11.3 Å². The molecule has 0 aliphatic heterocycles. The Morgan fingerprint density at radius 3 is 2.88 bits per heavy atom. The third-order valence-electron chi connectivity index (χ3n) is 4.03. The van der Waals surface area contributed by atoms with Gasteiger partial charge < -0.3 is 10.1 Å². The van der Waals surface area contributed by atoms with E-state index in [4.69, 9.17) is 4.74 Å². The molecule has 6 nitrogen and oxygen atoms in total. The van der Waals surface area contributed by atoms with Gasteiger partial charge in [-0.2, -0.15) is 0 Å². The first kappa shape index (κ1) is 16.3. The maximum atomic E-state index is 12.3. The summed E-state index contributed by atoms with van der Waals surface area (Å²) in [5.41, 5.74) is 4.16. The molecule has 0 spiro atoms. The van der Waals surface area contributed by atoms with Gasteiger partial charge in [0.2, 0.25) is 5.88 Å². The van der Waals surface area contributed by atoms with Crippen molar-refractivity contribution in [3.05, 3.63) is 64.5 Å². The molecule has 26 heavy (non-hydrogen) atoms. The summed E-state index contributed by atoms with van der Waals surface area (Å²) in [5, 5.41) is 9.19. The number of imidazole rings is 1. The molecule has 0 saturated heterocycles.